The summed E-state index contributed by atoms with van der Waals surface area (Å²) in [5.41, 5.74) is 0. The predicted molar refractivity (Wildman–Crippen MR) is 38.3 cm³/mol. The van der Waals surface area contributed by atoms with Gasteiger partial charge in [-0.15, -0.1) is 0 Å². The lowest BCUT2D eigenvalue weighted by Crippen LogP contribution is -2.49. The summed E-state index contributed by atoms with van der Waals surface area (Å²) >= 11 is 0. The average molecular weight is 171 g/mol. The maximum atomic E-state index is 11.0. The van der Waals surface area contributed by atoms with Gasteiger partial charge in [0.1, 0.15) is 5.92 Å². The maximum Gasteiger partial charge on any atom is 0.314 e. The van der Waals surface area contributed by atoms with Crippen LogP contribution in [0.3, 0.4) is 0 Å². The van der Waals surface area contributed by atoms with Crippen LogP contribution in [0.2, 0.25) is 0 Å². The molecule has 1 amide bonds. The molecule has 1 fully saturated rings. The van der Waals surface area contributed by atoms with Crippen molar-refractivity contribution in [1.82, 2.24) is 5.32 Å². The van der Waals surface area contributed by atoms with Crippen LogP contribution in [0.15, 0.2) is 0 Å². The van der Waals surface area contributed by atoms with Gasteiger partial charge in [-0.3, -0.25) is 14.4 Å². The molecule has 0 bridgehead atoms. The molecule has 1 heterocycles. The fraction of sp³-hybridized carbons (Fsp3) is 0.571. The van der Waals surface area contributed by atoms with E-state index < -0.39 is 23.6 Å². The summed E-state index contributed by atoms with van der Waals surface area (Å²) in [4.78, 5) is 32.4. The molecule has 2 N–H and O–H groups in total. The van der Waals surface area contributed by atoms with Crippen molar-refractivity contribution in [3.8, 4) is 0 Å². The quantitative estimate of drug-likeness (QED) is 0.497. The second-order valence-corrected chi connectivity index (χ2v) is 2.79. The molecule has 0 saturated carbocycles. The summed E-state index contributed by atoms with van der Waals surface area (Å²) in [6, 6.07) is 0. The molecule has 0 aromatic carbocycles. The second-order valence-electron chi connectivity index (χ2n) is 2.79. The number of aliphatic carboxylic acids is 1. The predicted octanol–water partition coefficient (Wildman–Crippen LogP) is -0.978. The topological polar surface area (TPSA) is 83.5 Å². The van der Waals surface area contributed by atoms with Crippen LogP contribution in [0.4, 0.5) is 0 Å². The zero-order valence-electron chi connectivity index (χ0n) is 6.53. The van der Waals surface area contributed by atoms with Crippen LogP contribution in [0.25, 0.3) is 0 Å². The first kappa shape index (κ1) is 8.70. The monoisotopic (exact) mass is 171 g/mol. The van der Waals surface area contributed by atoms with Gasteiger partial charge in [0, 0.05) is 0 Å². The van der Waals surface area contributed by atoms with Gasteiger partial charge in [-0.25, -0.2) is 0 Å². The second kappa shape index (κ2) is 2.92. The Morgan fingerprint density at radius 1 is 1.58 bits per heavy atom. The number of piperidine rings is 1. The van der Waals surface area contributed by atoms with E-state index >= 15 is 0 Å². The van der Waals surface area contributed by atoms with Crippen molar-refractivity contribution in [3.05, 3.63) is 0 Å². The zero-order chi connectivity index (χ0) is 9.30. The minimum absolute atomic E-state index is 0.167. The molecule has 66 valence electrons. The van der Waals surface area contributed by atoms with E-state index in [1.54, 1.807) is 0 Å². The normalized spacial score (nSPS) is 29.8. The fourth-order valence-electron chi connectivity index (χ4n) is 1.23. The average Bonchev–Trinajstić information content (AvgIpc) is 1.97. The molecule has 1 aliphatic rings. The van der Waals surface area contributed by atoms with Gasteiger partial charge in [-0.1, -0.05) is 6.92 Å². The van der Waals surface area contributed by atoms with E-state index in [4.69, 9.17) is 5.11 Å². The van der Waals surface area contributed by atoms with Gasteiger partial charge in [0.15, 0.2) is 5.78 Å². The number of carboxylic acids is 1. The molecule has 0 aromatic heterocycles. The highest BCUT2D eigenvalue weighted by Gasteiger charge is 2.39. The number of carbonyl (C=O) groups is 3. The van der Waals surface area contributed by atoms with E-state index in [0.29, 0.717) is 0 Å². The number of ketones is 1. The Morgan fingerprint density at radius 3 is 2.58 bits per heavy atom. The van der Waals surface area contributed by atoms with Gasteiger partial charge < -0.3 is 10.4 Å². The minimum atomic E-state index is -1.22. The third-order valence-electron chi connectivity index (χ3n) is 1.96. The number of carbonyl (C=O) groups excluding carboxylic acids is 2. The van der Waals surface area contributed by atoms with E-state index in [-0.39, 0.29) is 12.5 Å². The lowest BCUT2D eigenvalue weighted by atomic mass is 9.86. The maximum absolute atomic E-state index is 11.0. The van der Waals surface area contributed by atoms with Gasteiger partial charge in [0.2, 0.25) is 5.91 Å². The molecule has 0 spiro atoms. The highest BCUT2D eigenvalue weighted by Crippen LogP contribution is 2.16. The Bertz CT molecular complexity index is 248. The van der Waals surface area contributed by atoms with E-state index in [1.807, 2.05) is 0 Å². The Balaban J connectivity index is 2.86. The Hall–Kier alpha value is -1.39. The summed E-state index contributed by atoms with van der Waals surface area (Å²) in [5.74, 6) is -3.96. The molecule has 0 radical (unpaired) electrons. The number of carboxylic acid groups (broad SMARTS) is 1. The van der Waals surface area contributed by atoms with Crippen LogP contribution >= 0.6 is 0 Å². The van der Waals surface area contributed by atoms with E-state index in [9.17, 15) is 14.4 Å². The Kier molecular flexibility index (Phi) is 2.12. The fourth-order valence-corrected chi connectivity index (χ4v) is 1.23. The van der Waals surface area contributed by atoms with Crippen molar-refractivity contribution in [2.45, 2.75) is 6.92 Å². The third-order valence-corrected chi connectivity index (χ3v) is 1.96. The molecule has 5 heteroatoms. The number of amides is 1. The molecule has 2 unspecified atom stereocenters. The summed E-state index contributed by atoms with van der Waals surface area (Å²) < 4.78 is 0. The zero-order valence-corrected chi connectivity index (χ0v) is 6.53. The molecule has 0 aliphatic carbocycles. The van der Waals surface area contributed by atoms with Gasteiger partial charge in [-0.05, 0) is 0 Å². The number of Topliss-reactive ketones (excluding diaryl/α,β-unsaturated/α-hetero) is 1. The molecule has 1 aliphatic heterocycles. The number of nitrogens with one attached hydrogen (secondary N) is 1. The van der Waals surface area contributed by atoms with Crippen molar-refractivity contribution in [1.29, 1.82) is 0 Å². The van der Waals surface area contributed by atoms with Crippen LogP contribution in [0.5, 0.6) is 0 Å². The summed E-state index contributed by atoms with van der Waals surface area (Å²) in [5, 5.41) is 10.9. The van der Waals surface area contributed by atoms with Crippen molar-refractivity contribution >= 4 is 17.7 Å². The first-order chi connectivity index (χ1) is 5.54. The van der Waals surface area contributed by atoms with Gasteiger partial charge in [-0.2, -0.15) is 0 Å². The molecule has 1 rings (SSSR count). The molecule has 12 heavy (non-hydrogen) atoms. The van der Waals surface area contributed by atoms with Crippen LogP contribution in [-0.2, 0) is 14.4 Å². The smallest absolute Gasteiger partial charge is 0.314 e. The third kappa shape index (κ3) is 1.30. The minimum Gasteiger partial charge on any atom is -0.481 e. The molecular weight excluding hydrogens is 162 g/mol. The van der Waals surface area contributed by atoms with Crippen LogP contribution in [0, 0.1) is 11.8 Å². The molecule has 0 aromatic rings. The van der Waals surface area contributed by atoms with Crippen molar-refractivity contribution in [3.63, 3.8) is 0 Å². The van der Waals surface area contributed by atoms with Crippen molar-refractivity contribution < 1.29 is 19.5 Å². The number of hydrogen-bond donors (Lipinski definition) is 2. The highest BCUT2D eigenvalue weighted by molar-refractivity contribution is 6.06. The van der Waals surface area contributed by atoms with Gasteiger partial charge in [0.05, 0.1) is 12.5 Å². The molecule has 2 atom stereocenters. The van der Waals surface area contributed by atoms with Crippen molar-refractivity contribution in [2.75, 3.05) is 6.54 Å². The number of rotatable bonds is 1. The molecule has 5 nitrogen and oxygen atoms in total. The highest BCUT2D eigenvalue weighted by atomic mass is 16.4. The first-order valence-corrected chi connectivity index (χ1v) is 3.57. The van der Waals surface area contributed by atoms with E-state index in [1.165, 1.54) is 6.92 Å². The lowest BCUT2D eigenvalue weighted by molar-refractivity contribution is -0.154. The summed E-state index contributed by atoms with van der Waals surface area (Å²) in [6.45, 7) is 1.27. The molecular formula is C7H9NO4. The summed E-state index contributed by atoms with van der Waals surface area (Å²) in [7, 11) is 0. The largest absolute Gasteiger partial charge is 0.481 e. The Morgan fingerprint density at radius 2 is 2.17 bits per heavy atom. The number of hydrogen-bond acceptors (Lipinski definition) is 3. The SMILES string of the molecule is CC1C(=O)NCC(=O)C1C(=O)O. The van der Waals surface area contributed by atoms with Gasteiger partial charge in [0.25, 0.3) is 0 Å². The van der Waals surface area contributed by atoms with E-state index in [2.05, 4.69) is 5.32 Å². The van der Waals surface area contributed by atoms with Crippen molar-refractivity contribution in [2.24, 2.45) is 11.8 Å². The van der Waals surface area contributed by atoms with Crippen LogP contribution in [0.1, 0.15) is 6.92 Å². The van der Waals surface area contributed by atoms with Gasteiger partial charge >= 0.3 is 5.97 Å². The lowest BCUT2D eigenvalue weighted by Gasteiger charge is -2.23. The standard InChI is InChI=1S/C7H9NO4/c1-3-5(7(11)12)4(9)2-8-6(3)10/h3,5H,2H2,1H3,(H,8,10)(H,11,12). The van der Waals surface area contributed by atoms with E-state index in [0.717, 1.165) is 0 Å². The summed E-state index contributed by atoms with van der Waals surface area (Å²) in [6.07, 6.45) is 0. The Labute approximate surface area is 68.8 Å². The first-order valence-electron chi connectivity index (χ1n) is 3.57. The molecule has 1 saturated heterocycles. The van der Waals surface area contributed by atoms with Crippen LogP contribution in [-0.4, -0.2) is 29.3 Å². The van der Waals surface area contributed by atoms with Crippen LogP contribution < -0.4 is 5.32 Å².